The van der Waals surface area contributed by atoms with Crippen LogP contribution in [0.3, 0.4) is 0 Å². The Labute approximate surface area is 118 Å². The zero-order valence-corrected chi connectivity index (χ0v) is 11.8. The zero-order valence-electron chi connectivity index (χ0n) is 11.8. The number of rotatable bonds is 5. The molecule has 1 aromatic rings. The highest BCUT2D eigenvalue weighted by Crippen LogP contribution is 2.24. The van der Waals surface area contributed by atoms with Gasteiger partial charge in [-0.25, -0.2) is 0 Å². The summed E-state index contributed by atoms with van der Waals surface area (Å²) >= 11 is 0. The van der Waals surface area contributed by atoms with Crippen molar-refractivity contribution in [3.8, 4) is 0 Å². The van der Waals surface area contributed by atoms with Gasteiger partial charge >= 0.3 is 0 Å². The van der Waals surface area contributed by atoms with Gasteiger partial charge in [0.25, 0.3) is 5.91 Å². The summed E-state index contributed by atoms with van der Waals surface area (Å²) in [5.41, 5.74) is 2.18. The molecule has 1 aliphatic heterocycles. The molecule has 20 heavy (non-hydrogen) atoms. The van der Waals surface area contributed by atoms with E-state index in [4.69, 9.17) is 5.11 Å². The molecule has 0 aliphatic carbocycles. The molecule has 0 radical (unpaired) electrons. The minimum absolute atomic E-state index is 0.0436. The monoisotopic (exact) mass is 276 g/mol. The predicted octanol–water partition coefficient (Wildman–Crippen LogP) is 1.32. The van der Waals surface area contributed by atoms with Crippen molar-refractivity contribution in [2.75, 3.05) is 11.9 Å². The molecule has 1 aromatic carbocycles. The molecule has 108 valence electrons. The molecule has 1 heterocycles. The van der Waals surface area contributed by atoms with Gasteiger partial charge in [0.05, 0.1) is 6.42 Å². The van der Waals surface area contributed by atoms with E-state index in [0.29, 0.717) is 18.4 Å². The second kappa shape index (κ2) is 6.05. The molecule has 1 unspecified atom stereocenters. The van der Waals surface area contributed by atoms with Crippen LogP contribution in [0.2, 0.25) is 0 Å². The molecular formula is C15H20N2O3. The number of anilines is 1. The van der Waals surface area contributed by atoms with Crippen LogP contribution in [0.15, 0.2) is 18.2 Å². The van der Waals surface area contributed by atoms with Gasteiger partial charge in [0, 0.05) is 23.9 Å². The molecule has 2 rings (SSSR count). The topological polar surface area (TPSA) is 78.4 Å². The lowest BCUT2D eigenvalue weighted by atomic mass is 10.0. The van der Waals surface area contributed by atoms with Gasteiger partial charge in [0.2, 0.25) is 5.91 Å². The summed E-state index contributed by atoms with van der Waals surface area (Å²) in [5, 5.41) is 14.7. The Morgan fingerprint density at radius 3 is 2.85 bits per heavy atom. The molecule has 2 amide bonds. The largest absolute Gasteiger partial charge is 0.396 e. The van der Waals surface area contributed by atoms with Gasteiger partial charge in [-0.3, -0.25) is 9.59 Å². The van der Waals surface area contributed by atoms with Crippen molar-refractivity contribution in [3.63, 3.8) is 0 Å². The molecule has 0 aromatic heterocycles. The molecule has 0 bridgehead atoms. The normalized spacial score (nSPS) is 14.9. The molecule has 1 atom stereocenters. The van der Waals surface area contributed by atoms with E-state index in [-0.39, 0.29) is 30.4 Å². The fraction of sp³-hybridized carbons (Fsp3) is 0.467. The number of hydrogen-bond donors (Lipinski definition) is 3. The number of aliphatic hydroxyl groups is 1. The standard InChI is InChI=1S/C15H20N2O3/c1-9(2)12(5-6-18)17-15(20)10-3-4-13-11(7-10)8-14(19)16-13/h3-4,7,9,12,18H,5-6,8H2,1-2H3,(H,16,19)(H,17,20). The quantitative estimate of drug-likeness (QED) is 0.759. The number of carbonyl (C=O) groups is 2. The second-order valence-corrected chi connectivity index (χ2v) is 5.43. The van der Waals surface area contributed by atoms with E-state index in [1.807, 2.05) is 13.8 Å². The number of amides is 2. The average Bonchev–Trinajstić information content (AvgIpc) is 2.76. The van der Waals surface area contributed by atoms with E-state index >= 15 is 0 Å². The first-order chi connectivity index (χ1) is 9.51. The SMILES string of the molecule is CC(C)C(CCO)NC(=O)c1ccc2c(c1)CC(=O)N2. The van der Waals surface area contributed by atoms with Gasteiger partial charge in [-0.15, -0.1) is 0 Å². The number of aliphatic hydroxyl groups excluding tert-OH is 1. The van der Waals surface area contributed by atoms with Gasteiger partial charge in [0.1, 0.15) is 0 Å². The highest BCUT2D eigenvalue weighted by molar-refractivity contribution is 6.01. The third-order valence-electron chi connectivity index (χ3n) is 3.55. The molecular weight excluding hydrogens is 256 g/mol. The van der Waals surface area contributed by atoms with Crippen LogP contribution < -0.4 is 10.6 Å². The molecule has 0 fully saturated rings. The lowest BCUT2D eigenvalue weighted by Crippen LogP contribution is -2.39. The Morgan fingerprint density at radius 1 is 1.45 bits per heavy atom. The van der Waals surface area contributed by atoms with Crippen molar-refractivity contribution in [2.45, 2.75) is 32.7 Å². The molecule has 3 N–H and O–H groups in total. The Hall–Kier alpha value is -1.88. The Balaban J connectivity index is 2.10. The molecule has 0 spiro atoms. The van der Waals surface area contributed by atoms with Crippen LogP contribution in [0.4, 0.5) is 5.69 Å². The second-order valence-electron chi connectivity index (χ2n) is 5.43. The highest BCUT2D eigenvalue weighted by Gasteiger charge is 2.21. The third-order valence-corrected chi connectivity index (χ3v) is 3.55. The Bertz CT molecular complexity index is 526. The van der Waals surface area contributed by atoms with E-state index < -0.39 is 0 Å². The number of carbonyl (C=O) groups excluding carboxylic acids is 2. The van der Waals surface area contributed by atoms with Crippen molar-refractivity contribution >= 4 is 17.5 Å². The molecule has 5 heteroatoms. The number of nitrogens with one attached hydrogen (secondary N) is 2. The van der Waals surface area contributed by atoms with Crippen LogP contribution in [0.5, 0.6) is 0 Å². The van der Waals surface area contributed by atoms with E-state index in [1.165, 1.54) is 0 Å². The smallest absolute Gasteiger partial charge is 0.251 e. The third kappa shape index (κ3) is 3.17. The average molecular weight is 276 g/mol. The minimum Gasteiger partial charge on any atom is -0.396 e. The van der Waals surface area contributed by atoms with E-state index in [9.17, 15) is 9.59 Å². The lowest BCUT2D eigenvalue weighted by molar-refractivity contribution is -0.115. The maximum atomic E-state index is 12.2. The lowest BCUT2D eigenvalue weighted by Gasteiger charge is -2.21. The number of benzene rings is 1. The summed E-state index contributed by atoms with van der Waals surface area (Å²) in [6, 6.07) is 5.15. The van der Waals surface area contributed by atoms with Crippen LogP contribution in [-0.4, -0.2) is 29.6 Å². The van der Waals surface area contributed by atoms with Gasteiger partial charge in [0.15, 0.2) is 0 Å². The maximum absolute atomic E-state index is 12.2. The molecule has 1 aliphatic rings. The number of fused-ring (bicyclic) bond motifs is 1. The van der Waals surface area contributed by atoms with Crippen LogP contribution in [-0.2, 0) is 11.2 Å². The minimum atomic E-state index is -0.167. The zero-order chi connectivity index (χ0) is 14.7. The van der Waals surface area contributed by atoms with Gasteiger partial charge < -0.3 is 15.7 Å². The fourth-order valence-corrected chi connectivity index (χ4v) is 2.33. The summed E-state index contributed by atoms with van der Waals surface area (Å²) in [6.07, 6.45) is 0.856. The molecule has 5 nitrogen and oxygen atoms in total. The van der Waals surface area contributed by atoms with E-state index in [2.05, 4.69) is 10.6 Å². The summed E-state index contributed by atoms with van der Waals surface area (Å²) in [6.45, 7) is 4.06. The fourth-order valence-electron chi connectivity index (χ4n) is 2.33. The van der Waals surface area contributed by atoms with Crippen molar-refractivity contribution < 1.29 is 14.7 Å². The van der Waals surface area contributed by atoms with E-state index in [0.717, 1.165) is 11.3 Å². The summed E-state index contributed by atoms with van der Waals surface area (Å²) in [5.74, 6) is 0.0426. The maximum Gasteiger partial charge on any atom is 0.251 e. The summed E-state index contributed by atoms with van der Waals surface area (Å²) in [7, 11) is 0. The predicted molar refractivity (Wildman–Crippen MR) is 76.6 cm³/mol. The Kier molecular flexibility index (Phi) is 4.39. The first-order valence-corrected chi connectivity index (χ1v) is 6.85. The summed E-state index contributed by atoms with van der Waals surface area (Å²) < 4.78 is 0. The van der Waals surface area contributed by atoms with Crippen LogP contribution in [0.25, 0.3) is 0 Å². The molecule has 0 saturated heterocycles. The van der Waals surface area contributed by atoms with Crippen LogP contribution in [0.1, 0.15) is 36.2 Å². The van der Waals surface area contributed by atoms with E-state index in [1.54, 1.807) is 18.2 Å². The van der Waals surface area contributed by atoms with Crippen LogP contribution in [0, 0.1) is 5.92 Å². The van der Waals surface area contributed by atoms with Gasteiger partial charge in [-0.05, 0) is 36.1 Å². The van der Waals surface area contributed by atoms with Crippen molar-refractivity contribution in [1.82, 2.24) is 5.32 Å². The van der Waals surface area contributed by atoms with Crippen molar-refractivity contribution in [2.24, 2.45) is 5.92 Å². The van der Waals surface area contributed by atoms with Gasteiger partial charge in [-0.1, -0.05) is 13.8 Å². The first kappa shape index (κ1) is 14.5. The first-order valence-electron chi connectivity index (χ1n) is 6.85. The highest BCUT2D eigenvalue weighted by atomic mass is 16.3. The van der Waals surface area contributed by atoms with Crippen LogP contribution >= 0.6 is 0 Å². The van der Waals surface area contributed by atoms with Crippen molar-refractivity contribution in [3.05, 3.63) is 29.3 Å². The molecule has 0 saturated carbocycles. The number of hydrogen-bond acceptors (Lipinski definition) is 3. The van der Waals surface area contributed by atoms with Crippen molar-refractivity contribution in [1.29, 1.82) is 0 Å². The van der Waals surface area contributed by atoms with Gasteiger partial charge in [-0.2, -0.15) is 0 Å². The Morgan fingerprint density at radius 2 is 2.20 bits per heavy atom. The summed E-state index contributed by atoms with van der Waals surface area (Å²) in [4.78, 5) is 23.5.